The molecule has 0 saturated carbocycles. The zero-order chi connectivity index (χ0) is 25.5. The summed E-state index contributed by atoms with van der Waals surface area (Å²) in [5, 5.41) is -0.302. The number of pyridine rings is 1. The van der Waals surface area contributed by atoms with Gasteiger partial charge in [-0.2, -0.15) is 0 Å². The van der Waals surface area contributed by atoms with E-state index >= 15 is 0 Å². The maximum Gasteiger partial charge on any atom is 0.223 e. The number of imidazole rings is 1. The number of aromatic nitrogens is 3. The molecule has 192 valence electrons. The maximum atomic E-state index is 13.2. The van der Waals surface area contributed by atoms with E-state index < -0.39 is 30.9 Å². The van der Waals surface area contributed by atoms with Gasteiger partial charge in [0.05, 0.1) is 22.9 Å². The lowest BCUT2D eigenvalue weighted by Crippen LogP contribution is -2.57. The lowest BCUT2D eigenvalue weighted by molar-refractivity contribution is -0.133. The van der Waals surface area contributed by atoms with Gasteiger partial charge in [0.1, 0.15) is 11.5 Å². The fraction of sp³-hybridized carbons (Fsp3) is 0.571. The molecule has 10 nitrogen and oxygen atoms in total. The first-order valence-electron chi connectivity index (χ1n) is 11.2. The number of halogens is 2. The number of likely N-dealkylation sites (tertiary alicyclic amines) is 1. The molecule has 4 rings (SSSR count). The van der Waals surface area contributed by atoms with Crippen molar-refractivity contribution < 1.29 is 26.0 Å². The van der Waals surface area contributed by atoms with Crippen LogP contribution in [0.3, 0.4) is 0 Å². The Balaban J connectivity index is 1.34. The van der Waals surface area contributed by atoms with Crippen LogP contribution in [0.2, 0.25) is 5.15 Å². The molecule has 2 aromatic heterocycles. The standard InChI is InChI=1S/C21H27ClFN5O5S2/c1-13-10-28(35(32,33)8-6-18(29)27-11-15(12-27)34(2,30)31)7-5-16(13)19-20(22)26-21(25-19)17-4-3-14(23)9-24-17/h3-4,9,13,15-16H,5-8,10-12H2,1-2H3,(H,25,26)/t13-,16+/m0/s1. The zero-order valence-corrected chi connectivity index (χ0v) is 21.7. The predicted molar refractivity (Wildman–Crippen MR) is 128 cm³/mol. The van der Waals surface area contributed by atoms with Crippen LogP contribution in [-0.2, 0) is 24.7 Å². The van der Waals surface area contributed by atoms with Gasteiger partial charge in [-0.1, -0.05) is 18.5 Å². The van der Waals surface area contributed by atoms with E-state index in [1.54, 1.807) is 0 Å². The van der Waals surface area contributed by atoms with Crippen LogP contribution in [-0.4, -0.2) is 90.3 Å². The van der Waals surface area contributed by atoms with Crippen molar-refractivity contribution in [2.24, 2.45) is 5.92 Å². The van der Waals surface area contributed by atoms with Crippen LogP contribution < -0.4 is 0 Å². The van der Waals surface area contributed by atoms with E-state index in [0.29, 0.717) is 23.6 Å². The molecule has 1 amide bonds. The van der Waals surface area contributed by atoms with Gasteiger partial charge in [-0.15, -0.1) is 0 Å². The Morgan fingerprint density at radius 1 is 1.23 bits per heavy atom. The third-order valence-electron chi connectivity index (χ3n) is 6.67. The van der Waals surface area contributed by atoms with Gasteiger partial charge in [0.25, 0.3) is 0 Å². The fourth-order valence-electron chi connectivity index (χ4n) is 4.45. The van der Waals surface area contributed by atoms with Crippen LogP contribution in [0.1, 0.15) is 31.4 Å². The summed E-state index contributed by atoms with van der Waals surface area (Å²) in [7, 11) is -6.87. The van der Waals surface area contributed by atoms with Gasteiger partial charge in [-0.05, 0) is 24.5 Å². The second-order valence-corrected chi connectivity index (χ2v) is 14.0. The minimum atomic E-state index is -3.67. The molecule has 0 spiro atoms. The first-order chi connectivity index (χ1) is 16.3. The molecule has 0 unspecified atom stereocenters. The Morgan fingerprint density at radius 3 is 2.54 bits per heavy atom. The molecule has 1 N–H and O–H groups in total. The molecule has 2 atom stereocenters. The van der Waals surface area contributed by atoms with Gasteiger partial charge in [0, 0.05) is 44.8 Å². The van der Waals surface area contributed by atoms with Crippen molar-refractivity contribution in [2.45, 2.75) is 30.9 Å². The van der Waals surface area contributed by atoms with Crippen molar-refractivity contribution in [1.29, 1.82) is 0 Å². The molecule has 4 heterocycles. The number of aromatic amines is 1. The molecular formula is C21H27ClFN5O5S2. The monoisotopic (exact) mass is 547 g/mol. The van der Waals surface area contributed by atoms with Gasteiger partial charge in [0.2, 0.25) is 15.9 Å². The fourth-order valence-corrected chi connectivity index (χ4v) is 7.16. The highest BCUT2D eigenvalue weighted by molar-refractivity contribution is 7.91. The van der Waals surface area contributed by atoms with E-state index in [0.717, 1.165) is 12.5 Å². The molecule has 0 aromatic carbocycles. The molecule has 2 saturated heterocycles. The van der Waals surface area contributed by atoms with Crippen molar-refractivity contribution >= 4 is 37.4 Å². The second kappa shape index (κ2) is 9.75. The van der Waals surface area contributed by atoms with Crippen LogP contribution in [0.4, 0.5) is 4.39 Å². The molecule has 2 aliphatic rings. The molecule has 0 radical (unpaired) electrons. The number of carbonyl (C=O) groups excluding carboxylic acids is 1. The Morgan fingerprint density at radius 2 is 1.94 bits per heavy atom. The van der Waals surface area contributed by atoms with Gasteiger partial charge >= 0.3 is 0 Å². The lowest BCUT2D eigenvalue weighted by Gasteiger charge is -2.38. The molecule has 14 heteroatoms. The summed E-state index contributed by atoms with van der Waals surface area (Å²) < 4.78 is 63.3. The highest BCUT2D eigenvalue weighted by atomic mass is 35.5. The summed E-state index contributed by atoms with van der Waals surface area (Å²) in [6.45, 7) is 2.68. The summed E-state index contributed by atoms with van der Waals surface area (Å²) in [5.41, 5.74) is 1.13. The molecule has 2 aliphatic heterocycles. The van der Waals surface area contributed by atoms with Crippen LogP contribution in [0, 0.1) is 11.7 Å². The second-order valence-electron chi connectivity index (χ2n) is 9.20. The number of carbonyl (C=O) groups is 1. The molecule has 2 fully saturated rings. The number of amides is 1. The van der Waals surface area contributed by atoms with E-state index in [1.165, 1.54) is 21.3 Å². The number of sulfonamides is 1. The number of hydrogen-bond acceptors (Lipinski definition) is 7. The number of H-pyrrole nitrogens is 1. The van der Waals surface area contributed by atoms with E-state index in [2.05, 4.69) is 15.0 Å². The van der Waals surface area contributed by atoms with Crippen LogP contribution in [0.5, 0.6) is 0 Å². The maximum absolute atomic E-state index is 13.2. The average molecular weight is 548 g/mol. The predicted octanol–water partition coefficient (Wildman–Crippen LogP) is 1.66. The van der Waals surface area contributed by atoms with Crippen molar-refractivity contribution in [1.82, 2.24) is 24.2 Å². The van der Waals surface area contributed by atoms with E-state index in [9.17, 15) is 26.0 Å². The molecule has 0 bridgehead atoms. The van der Waals surface area contributed by atoms with Gasteiger partial charge in [-0.25, -0.2) is 35.5 Å². The highest BCUT2D eigenvalue weighted by Crippen LogP contribution is 2.37. The van der Waals surface area contributed by atoms with Crippen LogP contribution in [0.25, 0.3) is 11.5 Å². The molecule has 35 heavy (non-hydrogen) atoms. The van der Waals surface area contributed by atoms with Crippen molar-refractivity contribution in [3.8, 4) is 11.5 Å². The lowest BCUT2D eigenvalue weighted by atomic mass is 9.86. The van der Waals surface area contributed by atoms with Gasteiger partial charge < -0.3 is 9.88 Å². The summed E-state index contributed by atoms with van der Waals surface area (Å²) in [6.07, 6.45) is 2.54. The zero-order valence-electron chi connectivity index (χ0n) is 19.3. The largest absolute Gasteiger partial charge is 0.340 e. The Kier molecular flexibility index (Phi) is 7.24. The van der Waals surface area contributed by atoms with Crippen molar-refractivity contribution in [3.63, 3.8) is 0 Å². The number of nitrogens with zero attached hydrogens (tertiary/aromatic N) is 4. The minimum absolute atomic E-state index is 0.0636. The third kappa shape index (κ3) is 5.68. The quantitative estimate of drug-likeness (QED) is 0.557. The highest BCUT2D eigenvalue weighted by Gasteiger charge is 2.39. The van der Waals surface area contributed by atoms with Crippen molar-refractivity contribution in [3.05, 3.63) is 35.0 Å². The number of hydrogen-bond donors (Lipinski definition) is 1. The number of piperidine rings is 1. The smallest absolute Gasteiger partial charge is 0.223 e. The minimum Gasteiger partial charge on any atom is -0.340 e. The van der Waals surface area contributed by atoms with E-state index in [-0.39, 0.29) is 61.2 Å². The van der Waals surface area contributed by atoms with Gasteiger partial charge in [0.15, 0.2) is 20.8 Å². The van der Waals surface area contributed by atoms with E-state index in [1.807, 2.05) is 6.92 Å². The third-order valence-corrected chi connectivity index (χ3v) is 10.3. The Hall–Kier alpha value is -2.09. The molecular weight excluding hydrogens is 521 g/mol. The van der Waals surface area contributed by atoms with Crippen molar-refractivity contribution in [2.75, 3.05) is 38.2 Å². The summed E-state index contributed by atoms with van der Waals surface area (Å²) in [6, 6.07) is 2.77. The van der Waals surface area contributed by atoms with Crippen LogP contribution in [0.15, 0.2) is 18.3 Å². The average Bonchev–Trinajstić information content (AvgIpc) is 3.12. The molecule has 0 aliphatic carbocycles. The summed E-state index contributed by atoms with van der Waals surface area (Å²) >= 11 is 6.37. The Bertz CT molecular complexity index is 1310. The number of nitrogens with one attached hydrogen (secondary N) is 1. The van der Waals surface area contributed by atoms with E-state index in [4.69, 9.17) is 11.6 Å². The summed E-state index contributed by atoms with van der Waals surface area (Å²) in [4.78, 5) is 25.2. The topological polar surface area (TPSA) is 133 Å². The normalized spacial score (nSPS) is 22.2. The number of rotatable bonds is 7. The molecule has 2 aromatic rings. The summed E-state index contributed by atoms with van der Waals surface area (Å²) in [5.74, 6) is -0.872. The van der Waals surface area contributed by atoms with Gasteiger partial charge in [-0.3, -0.25) is 4.79 Å². The van der Waals surface area contributed by atoms with Crippen LogP contribution >= 0.6 is 11.6 Å². The first kappa shape index (κ1) is 26.0. The SMILES string of the molecule is C[C@H]1CN(S(=O)(=O)CCC(=O)N2CC(S(C)(=O)=O)C2)CC[C@H]1c1[nH]c(-c2ccc(F)cn2)nc1Cl. The first-order valence-corrected chi connectivity index (χ1v) is 15.1. The number of sulfone groups is 1. The Labute approximate surface area is 208 Å².